The smallest absolute Gasteiger partial charge is 0.322 e. The van der Waals surface area contributed by atoms with Crippen LogP contribution >= 0.6 is 0 Å². The Morgan fingerprint density at radius 1 is 1.09 bits per heavy atom. The van der Waals surface area contributed by atoms with Crippen LogP contribution in [-0.4, -0.2) is 31.2 Å². The molecular formula is C6H8F3NO. The number of hydrogen-bond acceptors (Lipinski definition) is 2. The molecule has 2 nitrogen and oxygen atoms in total. The molecule has 1 fully saturated rings. The number of halogens is 3. The van der Waals surface area contributed by atoms with E-state index in [1.807, 2.05) is 0 Å². The Balaban J connectivity index is 2.52. The molecule has 0 bridgehead atoms. The summed E-state index contributed by atoms with van der Waals surface area (Å²) in [7, 11) is 0. The molecule has 1 aliphatic heterocycles. The van der Waals surface area contributed by atoms with Crippen molar-refractivity contribution < 1.29 is 17.9 Å². The molecule has 1 heterocycles. The molecule has 0 radical (unpaired) electrons. The minimum absolute atomic E-state index is 0.198. The Morgan fingerprint density at radius 3 is 2.09 bits per heavy atom. The summed E-state index contributed by atoms with van der Waals surface area (Å²) in [5.74, 6) is -1.42. The van der Waals surface area contributed by atoms with Crippen molar-refractivity contribution in [2.75, 3.05) is 26.3 Å². The molecule has 0 amide bonds. The van der Waals surface area contributed by atoms with Gasteiger partial charge >= 0.3 is 6.08 Å². The predicted octanol–water partition coefficient (Wildman–Crippen LogP) is 1.35. The van der Waals surface area contributed by atoms with Gasteiger partial charge in [0.25, 0.3) is 5.95 Å². The third-order valence-corrected chi connectivity index (χ3v) is 1.44. The number of rotatable bonds is 1. The fourth-order valence-corrected chi connectivity index (χ4v) is 0.879. The van der Waals surface area contributed by atoms with Crippen molar-refractivity contribution in [2.45, 2.75) is 0 Å². The molecule has 0 N–H and O–H groups in total. The van der Waals surface area contributed by atoms with Crippen LogP contribution in [0.4, 0.5) is 13.2 Å². The van der Waals surface area contributed by atoms with E-state index in [1.54, 1.807) is 0 Å². The molecule has 1 aliphatic rings. The van der Waals surface area contributed by atoms with E-state index in [-0.39, 0.29) is 13.1 Å². The fraction of sp³-hybridized carbons (Fsp3) is 0.667. The lowest BCUT2D eigenvalue weighted by molar-refractivity contribution is 0.0380. The zero-order valence-electron chi connectivity index (χ0n) is 5.82. The third-order valence-electron chi connectivity index (χ3n) is 1.44. The van der Waals surface area contributed by atoms with Crippen molar-refractivity contribution in [3.05, 3.63) is 12.0 Å². The molecule has 0 aromatic rings. The number of nitrogens with zero attached hydrogens (tertiary/aromatic N) is 1. The lowest BCUT2D eigenvalue weighted by Gasteiger charge is -2.25. The van der Waals surface area contributed by atoms with Gasteiger partial charge in [0, 0.05) is 13.1 Å². The quantitative estimate of drug-likeness (QED) is 0.546. The van der Waals surface area contributed by atoms with Crippen LogP contribution in [0.5, 0.6) is 0 Å². The summed E-state index contributed by atoms with van der Waals surface area (Å²) in [5.41, 5.74) is 0. The molecule has 0 aromatic heterocycles. The van der Waals surface area contributed by atoms with Gasteiger partial charge in [-0.25, -0.2) is 0 Å². The van der Waals surface area contributed by atoms with E-state index in [1.165, 1.54) is 0 Å². The molecular weight excluding hydrogens is 159 g/mol. The summed E-state index contributed by atoms with van der Waals surface area (Å²) in [4.78, 5) is 0.971. The van der Waals surface area contributed by atoms with E-state index < -0.39 is 12.0 Å². The topological polar surface area (TPSA) is 12.5 Å². The maximum Gasteiger partial charge on any atom is 0.322 e. The summed E-state index contributed by atoms with van der Waals surface area (Å²) in [6.45, 7) is 1.01. The lowest BCUT2D eigenvalue weighted by Crippen LogP contribution is -2.34. The minimum Gasteiger partial charge on any atom is -0.378 e. The Kier molecular flexibility index (Phi) is 2.76. The maximum atomic E-state index is 12.4. The van der Waals surface area contributed by atoms with Crippen molar-refractivity contribution in [1.82, 2.24) is 4.90 Å². The SMILES string of the molecule is FC(F)=C(F)N1CCOCC1. The van der Waals surface area contributed by atoms with Crippen LogP contribution in [0.2, 0.25) is 0 Å². The van der Waals surface area contributed by atoms with E-state index in [4.69, 9.17) is 4.74 Å². The summed E-state index contributed by atoms with van der Waals surface area (Å²) in [6.07, 6.45) is -2.26. The molecule has 0 saturated carbocycles. The summed E-state index contributed by atoms with van der Waals surface area (Å²) in [5, 5.41) is 0. The molecule has 1 saturated heterocycles. The highest BCUT2D eigenvalue weighted by atomic mass is 19.3. The van der Waals surface area contributed by atoms with Crippen LogP contribution < -0.4 is 0 Å². The minimum atomic E-state index is -2.26. The van der Waals surface area contributed by atoms with Crippen molar-refractivity contribution in [2.24, 2.45) is 0 Å². The third kappa shape index (κ3) is 2.11. The van der Waals surface area contributed by atoms with E-state index in [9.17, 15) is 13.2 Å². The molecule has 11 heavy (non-hydrogen) atoms. The Morgan fingerprint density at radius 2 is 1.64 bits per heavy atom. The predicted molar refractivity (Wildman–Crippen MR) is 32.7 cm³/mol. The molecule has 0 unspecified atom stereocenters. The molecule has 0 atom stereocenters. The molecule has 0 aromatic carbocycles. The van der Waals surface area contributed by atoms with Crippen LogP contribution in [0, 0.1) is 0 Å². The van der Waals surface area contributed by atoms with Crippen molar-refractivity contribution in [3.8, 4) is 0 Å². The van der Waals surface area contributed by atoms with Gasteiger partial charge in [-0.15, -0.1) is 0 Å². The summed E-state index contributed by atoms with van der Waals surface area (Å²) in [6, 6.07) is 0. The Hall–Kier alpha value is -0.710. The van der Waals surface area contributed by atoms with E-state index >= 15 is 0 Å². The van der Waals surface area contributed by atoms with Crippen molar-refractivity contribution in [1.29, 1.82) is 0 Å². The number of hydrogen-bond donors (Lipinski definition) is 0. The Bertz CT molecular complexity index is 161. The van der Waals surface area contributed by atoms with Gasteiger partial charge in [0.15, 0.2) is 0 Å². The maximum absolute atomic E-state index is 12.4. The average Bonchev–Trinajstić information content (AvgIpc) is 2.05. The second kappa shape index (κ2) is 3.61. The number of morpholine rings is 1. The standard InChI is InChI=1S/C6H8F3NO/c7-5(8)6(9)10-1-3-11-4-2-10/h1-4H2. The van der Waals surface area contributed by atoms with Crippen molar-refractivity contribution >= 4 is 0 Å². The summed E-state index contributed by atoms with van der Waals surface area (Å²) < 4.78 is 40.5. The lowest BCUT2D eigenvalue weighted by atomic mass is 10.4. The van der Waals surface area contributed by atoms with Gasteiger partial charge in [-0.2, -0.15) is 13.2 Å². The molecule has 5 heteroatoms. The highest BCUT2D eigenvalue weighted by molar-refractivity contribution is 4.92. The molecule has 1 rings (SSSR count). The van der Waals surface area contributed by atoms with Crippen LogP contribution in [-0.2, 0) is 4.74 Å². The van der Waals surface area contributed by atoms with Gasteiger partial charge in [-0.3, -0.25) is 0 Å². The Labute approximate surface area is 62.2 Å². The molecule has 0 spiro atoms. The highest BCUT2D eigenvalue weighted by Gasteiger charge is 2.17. The van der Waals surface area contributed by atoms with Crippen LogP contribution in [0.15, 0.2) is 12.0 Å². The first kappa shape index (κ1) is 8.39. The van der Waals surface area contributed by atoms with Crippen LogP contribution in [0.3, 0.4) is 0 Å². The highest BCUT2D eigenvalue weighted by Crippen LogP contribution is 2.15. The first-order valence-corrected chi connectivity index (χ1v) is 3.25. The van der Waals surface area contributed by atoms with Crippen LogP contribution in [0.25, 0.3) is 0 Å². The first-order valence-electron chi connectivity index (χ1n) is 3.25. The van der Waals surface area contributed by atoms with Gasteiger partial charge in [0.05, 0.1) is 13.2 Å². The first-order chi connectivity index (χ1) is 5.22. The number of ether oxygens (including phenoxy) is 1. The average molecular weight is 167 g/mol. The van der Waals surface area contributed by atoms with E-state index in [0.29, 0.717) is 13.2 Å². The van der Waals surface area contributed by atoms with Crippen LogP contribution in [0.1, 0.15) is 0 Å². The van der Waals surface area contributed by atoms with Crippen molar-refractivity contribution in [3.63, 3.8) is 0 Å². The summed E-state index contributed by atoms with van der Waals surface area (Å²) >= 11 is 0. The van der Waals surface area contributed by atoms with Gasteiger partial charge in [0.1, 0.15) is 0 Å². The van der Waals surface area contributed by atoms with E-state index in [0.717, 1.165) is 4.90 Å². The normalized spacial score (nSPS) is 18.3. The van der Waals surface area contributed by atoms with Gasteiger partial charge < -0.3 is 9.64 Å². The second-order valence-corrected chi connectivity index (χ2v) is 2.15. The molecule has 64 valence electrons. The zero-order valence-corrected chi connectivity index (χ0v) is 5.82. The molecule has 0 aliphatic carbocycles. The second-order valence-electron chi connectivity index (χ2n) is 2.15. The zero-order chi connectivity index (χ0) is 8.27. The fourth-order valence-electron chi connectivity index (χ4n) is 0.879. The van der Waals surface area contributed by atoms with E-state index in [2.05, 4.69) is 0 Å². The van der Waals surface area contributed by atoms with Gasteiger partial charge in [-0.05, 0) is 0 Å². The van der Waals surface area contributed by atoms with Gasteiger partial charge in [-0.1, -0.05) is 0 Å². The monoisotopic (exact) mass is 167 g/mol. The largest absolute Gasteiger partial charge is 0.378 e. The van der Waals surface area contributed by atoms with Gasteiger partial charge in [0.2, 0.25) is 0 Å².